The van der Waals surface area contributed by atoms with Crippen LogP contribution in [-0.2, 0) is 21.2 Å². The van der Waals surface area contributed by atoms with Gasteiger partial charge in [-0.05, 0) is 43.2 Å². The lowest BCUT2D eigenvalue weighted by Crippen LogP contribution is -2.32. The van der Waals surface area contributed by atoms with Crippen molar-refractivity contribution in [1.29, 1.82) is 0 Å². The van der Waals surface area contributed by atoms with Gasteiger partial charge in [-0.15, -0.1) is 11.3 Å². The van der Waals surface area contributed by atoms with Crippen LogP contribution in [0.4, 0.5) is 5.69 Å². The van der Waals surface area contributed by atoms with Gasteiger partial charge in [0.25, 0.3) is 10.0 Å². The van der Waals surface area contributed by atoms with Crippen molar-refractivity contribution in [1.82, 2.24) is 4.72 Å². The SMILES string of the molecule is CCc1ccc(S(=O)(=O)NCC(=O)Nc2cc(Cl)ccc2C)s1. The maximum Gasteiger partial charge on any atom is 0.250 e. The number of amides is 1. The molecule has 0 radical (unpaired) electrons. The second kappa shape index (κ2) is 7.44. The summed E-state index contributed by atoms with van der Waals surface area (Å²) in [6.07, 6.45) is 0.773. The number of nitrogens with one attached hydrogen (secondary N) is 2. The van der Waals surface area contributed by atoms with Crippen molar-refractivity contribution in [3.05, 3.63) is 45.8 Å². The molecule has 1 heterocycles. The molecular formula is C15H17ClN2O3S2. The van der Waals surface area contributed by atoms with E-state index in [1.54, 1.807) is 30.3 Å². The van der Waals surface area contributed by atoms with Gasteiger partial charge in [-0.2, -0.15) is 0 Å². The molecule has 2 aromatic rings. The second-order valence-electron chi connectivity index (χ2n) is 4.91. The topological polar surface area (TPSA) is 75.3 Å². The second-order valence-corrected chi connectivity index (χ2v) is 8.50. The van der Waals surface area contributed by atoms with Gasteiger partial charge in [0.2, 0.25) is 5.91 Å². The number of sulfonamides is 1. The van der Waals surface area contributed by atoms with Crippen LogP contribution >= 0.6 is 22.9 Å². The molecule has 0 bridgehead atoms. The van der Waals surface area contributed by atoms with Gasteiger partial charge >= 0.3 is 0 Å². The van der Waals surface area contributed by atoms with E-state index in [0.29, 0.717) is 10.7 Å². The molecule has 5 nitrogen and oxygen atoms in total. The van der Waals surface area contributed by atoms with Gasteiger partial charge in [-0.1, -0.05) is 24.6 Å². The molecule has 0 unspecified atom stereocenters. The largest absolute Gasteiger partial charge is 0.325 e. The van der Waals surface area contributed by atoms with Crippen LogP contribution in [0.1, 0.15) is 17.4 Å². The predicted octanol–water partition coefficient (Wildman–Crippen LogP) is 3.19. The highest BCUT2D eigenvalue weighted by Gasteiger charge is 2.18. The molecule has 2 N–H and O–H groups in total. The van der Waals surface area contributed by atoms with Gasteiger partial charge in [-0.3, -0.25) is 4.79 Å². The first-order chi connectivity index (χ1) is 10.8. The Morgan fingerprint density at radius 2 is 2.00 bits per heavy atom. The van der Waals surface area contributed by atoms with Gasteiger partial charge in [0.05, 0.1) is 6.54 Å². The minimum absolute atomic E-state index is 0.209. The molecule has 1 aromatic heterocycles. The maximum atomic E-state index is 12.1. The molecule has 0 aliphatic rings. The van der Waals surface area contributed by atoms with Crippen LogP contribution < -0.4 is 10.0 Å². The van der Waals surface area contributed by atoms with Gasteiger partial charge in [-0.25, -0.2) is 13.1 Å². The third kappa shape index (κ3) is 4.78. The van der Waals surface area contributed by atoms with Crippen LogP contribution in [0.5, 0.6) is 0 Å². The van der Waals surface area contributed by atoms with E-state index in [-0.39, 0.29) is 10.8 Å². The Hall–Kier alpha value is -1.41. The Kier molecular flexibility index (Phi) is 5.80. The number of carbonyl (C=O) groups is 1. The Morgan fingerprint density at radius 1 is 1.26 bits per heavy atom. The third-order valence-electron chi connectivity index (χ3n) is 3.15. The van der Waals surface area contributed by atoms with Crippen LogP contribution in [0.25, 0.3) is 0 Å². The van der Waals surface area contributed by atoms with Gasteiger partial charge in [0, 0.05) is 15.6 Å². The number of anilines is 1. The lowest BCUT2D eigenvalue weighted by Gasteiger charge is -2.09. The van der Waals surface area contributed by atoms with Gasteiger partial charge < -0.3 is 5.32 Å². The van der Waals surface area contributed by atoms with E-state index in [1.165, 1.54) is 11.3 Å². The summed E-state index contributed by atoms with van der Waals surface area (Å²) >= 11 is 7.08. The lowest BCUT2D eigenvalue weighted by atomic mass is 10.2. The van der Waals surface area contributed by atoms with E-state index >= 15 is 0 Å². The molecule has 8 heteroatoms. The Morgan fingerprint density at radius 3 is 2.65 bits per heavy atom. The normalized spacial score (nSPS) is 11.4. The first-order valence-electron chi connectivity index (χ1n) is 6.96. The minimum atomic E-state index is -3.67. The molecule has 0 saturated carbocycles. The zero-order valence-corrected chi connectivity index (χ0v) is 15.1. The van der Waals surface area contributed by atoms with E-state index in [4.69, 9.17) is 11.6 Å². The number of rotatable bonds is 6. The van der Waals surface area contributed by atoms with Crippen LogP contribution in [0, 0.1) is 6.92 Å². The number of hydrogen-bond donors (Lipinski definition) is 2. The van der Waals surface area contributed by atoms with E-state index in [1.807, 2.05) is 13.8 Å². The molecular weight excluding hydrogens is 356 g/mol. The van der Waals surface area contributed by atoms with E-state index in [9.17, 15) is 13.2 Å². The zero-order chi connectivity index (χ0) is 17.0. The van der Waals surface area contributed by atoms with Crippen LogP contribution in [0.15, 0.2) is 34.5 Å². The molecule has 124 valence electrons. The van der Waals surface area contributed by atoms with E-state index in [0.717, 1.165) is 16.9 Å². The summed E-state index contributed by atoms with van der Waals surface area (Å²) in [4.78, 5) is 12.9. The van der Waals surface area contributed by atoms with E-state index < -0.39 is 15.9 Å². The molecule has 0 spiro atoms. The fourth-order valence-electron chi connectivity index (χ4n) is 1.85. The average Bonchev–Trinajstić information content (AvgIpc) is 2.99. The molecule has 0 aliphatic carbocycles. The smallest absolute Gasteiger partial charge is 0.250 e. The number of halogens is 1. The Labute approximate surface area is 144 Å². The maximum absolute atomic E-state index is 12.1. The summed E-state index contributed by atoms with van der Waals surface area (Å²) in [5, 5.41) is 3.14. The number of aryl methyl sites for hydroxylation is 2. The molecule has 0 aliphatic heterocycles. The Bertz CT molecular complexity index is 816. The molecule has 0 atom stereocenters. The molecule has 0 fully saturated rings. The van der Waals surface area contributed by atoms with Crippen molar-refractivity contribution in [3.63, 3.8) is 0 Å². The standard InChI is InChI=1S/C15H17ClN2O3S2/c1-3-12-6-7-15(22-12)23(20,21)17-9-14(19)18-13-8-11(16)5-4-10(13)2/h4-8,17H,3,9H2,1-2H3,(H,18,19). The fourth-order valence-corrected chi connectivity index (χ4v) is 4.34. The Balaban J connectivity index is 1.99. The summed E-state index contributed by atoms with van der Waals surface area (Å²) in [5.74, 6) is -0.453. The highest BCUT2D eigenvalue weighted by Crippen LogP contribution is 2.22. The summed E-state index contributed by atoms with van der Waals surface area (Å²) in [6, 6.07) is 8.44. The van der Waals surface area contributed by atoms with Crippen molar-refractivity contribution in [2.75, 3.05) is 11.9 Å². The van der Waals surface area contributed by atoms with E-state index in [2.05, 4.69) is 10.0 Å². The molecule has 1 amide bonds. The van der Waals surface area contributed by atoms with Gasteiger partial charge in [0.15, 0.2) is 0 Å². The van der Waals surface area contributed by atoms with Crippen LogP contribution in [0.2, 0.25) is 5.02 Å². The molecule has 1 aromatic carbocycles. The lowest BCUT2D eigenvalue weighted by molar-refractivity contribution is -0.115. The van der Waals surface area contributed by atoms with Crippen molar-refractivity contribution in [2.45, 2.75) is 24.5 Å². The zero-order valence-electron chi connectivity index (χ0n) is 12.7. The van der Waals surface area contributed by atoms with Crippen LogP contribution in [0.3, 0.4) is 0 Å². The first kappa shape index (κ1) is 17.9. The number of thiophene rings is 1. The highest BCUT2D eigenvalue weighted by atomic mass is 35.5. The van der Waals surface area contributed by atoms with Crippen LogP contribution in [-0.4, -0.2) is 20.9 Å². The average molecular weight is 373 g/mol. The minimum Gasteiger partial charge on any atom is -0.325 e. The summed E-state index contributed by atoms with van der Waals surface area (Å²) in [5.41, 5.74) is 1.41. The predicted molar refractivity (Wildman–Crippen MR) is 93.7 cm³/mol. The number of carbonyl (C=O) groups excluding carboxylic acids is 1. The monoisotopic (exact) mass is 372 g/mol. The van der Waals surface area contributed by atoms with Gasteiger partial charge in [0.1, 0.15) is 4.21 Å². The van der Waals surface area contributed by atoms with Crippen molar-refractivity contribution in [3.8, 4) is 0 Å². The number of benzene rings is 1. The quantitative estimate of drug-likeness (QED) is 0.817. The van der Waals surface area contributed by atoms with Crippen molar-refractivity contribution >= 4 is 44.6 Å². The molecule has 2 rings (SSSR count). The molecule has 23 heavy (non-hydrogen) atoms. The fraction of sp³-hybridized carbons (Fsp3) is 0.267. The number of hydrogen-bond acceptors (Lipinski definition) is 4. The molecule has 0 saturated heterocycles. The first-order valence-corrected chi connectivity index (χ1v) is 9.64. The highest BCUT2D eigenvalue weighted by molar-refractivity contribution is 7.91. The van der Waals surface area contributed by atoms with Crippen molar-refractivity contribution in [2.24, 2.45) is 0 Å². The summed E-state index contributed by atoms with van der Waals surface area (Å²) < 4.78 is 26.8. The summed E-state index contributed by atoms with van der Waals surface area (Å²) in [6.45, 7) is 3.44. The summed E-state index contributed by atoms with van der Waals surface area (Å²) in [7, 11) is -3.67. The van der Waals surface area contributed by atoms with Crippen molar-refractivity contribution < 1.29 is 13.2 Å². The third-order valence-corrected chi connectivity index (χ3v) is 6.50.